The van der Waals surface area contributed by atoms with Gasteiger partial charge in [-0.15, -0.1) is 0 Å². The third-order valence-corrected chi connectivity index (χ3v) is 2.11. The van der Waals surface area contributed by atoms with Crippen LogP contribution in [0.25, 0.3) is 11.0 Å². The molecule has 0 bridgehead atoms. The van der Waals surface area contributed by atoms with Crippen LogP contribution in [0.5, 0.6) is 0 Å². The van der Waals surface area contributed by atoms with E-state index < -0.39 is 0 Å². The van der Waals surface area contributed by atoms with Crippen LogP contribution in [0, 0.1) is 0 Å². The minimum absolute atomic E-state index is 0.465. The molecule has 0 unspecified atom stereocenters. The molecule has 0 saturated heterocycles. The van der Waals surface area contributed by atoms with E-state index in [4.69, 9.17) is 0 Å². The minimum Gasteiger partial charge on any atom is -0.334 e. The average molecular weight is 174 g/mol. The van der Waals surface area contributed by atoms with Gasteiger partial charge in [-0.05, 0) is 17.7 Å². The zero-order chi connectivity index (χ0) is 9.26. The number of benzene rings is 1. The largest absolute Gasteiger partial charge is 0.334 e. The predicted octanol–water partition coefficient (Wildman–Crippen LogP) is 1.31. The SMILES string of the molecule is Cn1cnc2cc(CC=O)ccc21. The van der Waals surface area contributed by atoms with Crippen molar-refractivity contribution in [2.45, 2.75) is 6.42 Å². The van der Waals surface area contributed by atoms with Crippen molar-refractivity contribution in [3.8, 4) is 0 Å². The zero-order valence-electron chi connectivity index (χ0n) is 7.40. The van der Waals surface area contributed by atoms with Gasteiger partial charge in [-0.1, -0.05) is 6.07 Å². The van der Waals surface area contributed by atoms with E-state index in [1.54, 1.807) is 6.33 Å². The molecule has 13 heavy (non-hydrogen) atoms. The molecule has 3 nitrogen and oxygen atoms in total. The molecule has 3 heteroatoms. The number of rotatable bonds is 2. The van der Waals surface area contributed by atoms with Crippen LogP contribution in [0.3, 0.4) is 0 Å². The van der Waals surface area contributed by atoms with E-state index in [1.807, 2.05) is 29.8 Å². The van der Waals surface area contributed by atoms with Gasteiger partial charge in [-0.2, -0.15) is 0 Å². The maximum Gasteiger partial charge on any atom is 0.124 e. The monoisotopic (exact) mass is 174 g/mol. The summed E-state index contributed by atoms with van der Waals surface area (Å²) in [6, 6.07) is 5.89. The number of nitrogens with zero attached hydrogens (tertiary/aromatic N) is 2. The Bertz CT molecular complexity index is 445. The van der Waals surface area contributed by atoms with Crippen LogP contribution in [0.4, 0.5) is 0 Å². The van der Waals surface area contributed by atoms with E-state index in [0.29, 0.717) is 6.42 Å². The van der Waals surface area contributed by atoms with Crippen LogP contribution in [-0.2, 0) is 18.3 Å². The van der Waals surface area contributed by atoms with Gasteiger partial charge in [-0.25, -0.2) is 4.98 Å². The zero-order valence-corrected chi connectivity index (χ0v) is 7.40. The Morgan fingerprint density at radius 1 is 1.54 bits per heavy atom. The van der Waals surface area contributed by atoms with Gasteiger partial charge in [0.2, 0.25) is 0 Å². The number of aldehydes is 1. The van der Waals surface area contributed by atoms with Gasteiger partial charge >= 0.3 is 0 Å². The minimum atomic E-state index is 0.465. The fraction of sp³-hybridized carbons (Fsp3) is 0.200. The second-order valence-electron chi connectivity index (χ2n) is 3.05. The van der Waals surface area contributed by atoms with Crippen molar-refractivity contribution in [2.24, 2.45) is 7.05 Å². The van der Waals surface area contributed by atoms with Gasteiger partial charge in [0.15, 0.2) is 0 Å². The molecular formula is C10H10N2O. The van der Waals surface area contributed by atoms with Crippen molar-refractivity contribution < 1.29 is 4.79 Å². The van der Waals surface area contributed by atoms with Crippen LogP contribution in [0.2, 0.25) is 0 Å². The van der Waals surface area contributed by atoms with E-state index in [0.717, 1.165) is 22.9 Å². The number of hydrogen-bond donors (Lipinski definition) is 0. The first-order valence-electron chi connectivity index (χ1n) is 4.15. The molecule has 2 aromatic rings. The molecule has 0 radical (unpaired) electrons. The number of fused-ring (bicyclic) bond motifs is 1. The van der Waals surface area contributed by atoms with Gasteiger partial charge in [0.05, 0.1) is 17.4 Å². The second-order valence-corrected chi connectivity index (χ2v) is 3.05. The summed E-state index contributed by atoms with van der Waals surface area (Å²) >= 11 is 0. The van der Waals surface area contributed by atoms with Gasteiger partial charge < -0.3 is 9.36 Å². The summed E-state index contributed by atoms with van der Waals surface area (Å²) in [6.07, 6.45) is 3.14. The third kappa shape index (κ3) is 1.33. The molecule has 0 atom stereocenters. The van der Waals surface area contributed by atoms with Gasteiger partial charge in [-0.3, -0.25) is 0 Å². The molecule has 1 aromatic carbocycles. The number of carbonyl (C=O) groups excluding carboxylic acids is 1. The molecule has 2 rings (SSSR count). The Morgan fingerprint density at radius 3 is 3.15 bits per heavy atom. The summed E-state index contributed by atoms with van der Waals surface area (Å²) in [5.74, 6) is 0. The van der Waals surface area contributed by atoms with E-state index in [-0.39, 0.29) is 0 Å². The lowest BCUT2D eigenvalue weighted by Crippen LogP contribution is -1.87. The number of aromatic nitrogens is 2. The first-order chi connectivity index (χ1) is 6.31. The second kappa shape index (κ2) is 3.01. The van der Waals surface area contributed by atoms with Crippen molar-refractivity contribution in [3.63, 3.8) is 0 Å². The van der Waals surface area contributed by atoms with E-state index in [1.165, 1.54) is 0 Å². The highest BCUT2D eigenvalue weighted by Crippen LogP contribution is 2.13. The smallest absolute Gasteiger partial charge is 0.124 e. The van der Waals surface area contributed by atoms with E-state index in [9.17, 15) is 4.79 Å². The standard InChI is InChI=1S/C10H10N2O/c1-12-7-11-9-6-8(4-5-13)2-3-10(9)12/h2-3,5-7H,4H2,1H3. The van der Waals surface area contributed by atoms with Crippen molar-refractivity contribution in [1.29, 1.82) is 0 Å². The van der Waals surface area contributed by atoms with Gasteiger partial charge in [0.1, 0.15) is 6.29 Å². The van der Waals surface area contributed by atoms with E-state index >= 15 is 0 Å². The summed E-state index contributed by atoms with van der Waals surface area (Å²) < 4.78 is 1.96. The number of carbonyl (C=O) groups is 1. The molecule has 0 saturated carbocycles. The first-order valence-corrected chi connectivity index (χ1v) is 4.15. The van der Waals surface area contributed by atoms with Crippen molar-refractivity contribution >= 4 is 17.3 Å². The van der Waals surface area contributed by atoms with Crippen LogP contribution in [0.15, 0.2) is 24.5 Å². The average Bonchev–Trinajstić information content (AvgIpc) is 2.48. The van der Waals surface area contributed by atoms with Crippen molar-refractivity contribution in [3.05, 3.63) is 30.1 Å². The molecule has 1 heterocycles. The Balaban J connectivity index is 2.56. The molecule has 66 valence electrons. The molecule has 0 amide bonds. The van der Waals surface area contributed by atoms with Gasteiger partial charge in [0, 0.05) is 13.5 Å². The Hall–Kier alpha value is -1.64. The summed E-state index contributed by atoms with van der Waals surface area (Å²) in [4.78, 5) is 14.5. The molecule has 0 spiro atoms. The Morgan fingerprint density at radius 2 is 2.38 bits per heavy atom. The fourth-order valence-corrected chi connectivity index (χ4v) is 1.40. The molecule has 0 fully saturated rings. The van der Waals surface area contributed by atoms with Crippen LogP contribution in [-0.4, -0.2) is 15.8 Å². The normalized spacial score (nSPS) is 10.5. The van der Waals surface area contributed by atoms with Crippen molar-refractivity contribution in [2.75, 3.05) is 0 Å². The Labute approximate surface area is 76.0 Å². The Kier molecular flexibility index (Phi) is 1.85. The van der Waals surface area contributed by atoms with E-state index in [2.05, 4.69) is 4.98 Å². The number of hydrogen-bond acceptors (Lipinski definition) is 2. The summed E-state index contributed by atoms with van der Waals surface area (Å²) in [5, 5.41) is 0. The molecule has 0 aliphatic carbocycles. The molecule has 1 aromatic heterocycles. The lowest BCUT2D eigenvalue weighted by molar-refractivity contribution is -0.107. The molecular weight excluding hydrogens is 164 g/mol. The number of imidazole rings is 1. The van der Waals surface area contributed by atoms with Crippen LogP contribution >= 0.6 is 0 Å². The highest BCUT2D eigenvalue weighted by atomic mass is 16.1. The fourth-order valence-electron chi connectivity index (χ4n) is 1.40. The maximum atomic E-state index is 10.3. The lowest BCUT2D eigenvalue weighted by atomic mass is 10.1. The molecule has 0 aliphatic rings. The highest BCUT2D eigenvalue weighted by molar-refractivity contribution is 5.76. The molecule has 0 aliphatic heterocycles. The predicted molar refractivity (Wildman–Crippen MR) is 50.5 cm³/mol. The summed E-state index contributed by atoms with van der Waals surface area (Å²) in [6.45, 7) is 0. The van der Waals surface area contributed by atoms with Gasteiger partial charge in [0.25, 0.3) is 0 Å². The van der Waals surface area contributed by atoms with Crippen LogP contribution in [0.1, 0.15) is 5.56 Å². The third-order valence-electron chi connectivity index (χ3n) is 2.11. The first kappa shape index (κ1) is 7.98. The quantitative estimate of drug-likeness (QED) is 0.643. The molecule has 0 N–H and O–H groups in total. The topological polar surface area (TPSA) is 34.9 Å². The maximum absolute atomic E-state index is 10.3. The summed E-state index contributed by atoms with van der Waals surface area (Å²) in [7, 11) is 1.95. The number of aryl methyl sites for hydroxylation is 1. The van der Waals surface area contributed by atoms with Crippen molar-refractivity contribution in [1.82, 2.24) is 9.55 Å². The summed E-state index contributed by atoms with van der Waals surface area (Å²) in [5.41, 5.74) is 3.05. The van der Waals surface area contributed by atoms with Crippen LogP contribution < -0.4 is 0 Å². The lowest BCUT2D eigenvalue weighted by Gasteiger charge is -1.96. The highest BCUT2D eigenvalue weighted by Gasteiger charge is 1.99.